The zero-order chi connectivity index (χ0) is 23.3. The molecule has 1 saturated carbocycles. The van der Waals surface area contributed by atoms with Gasteiger partial charge in [0.25, 0.3) is 0 Å². The molecule has 2 aromatic heterocycles. The predicted octanol–water partition coefficient (Wildman–Crippen LogP) is 5.00. The van der Waals surface area contributed by atoms with Crippen molar-refractivity contribution in [1.29, 1.82) is 0 Å². The van der Waals surface area contributed by atoms with E-state index in [-0.39, 0.29) is 5.91 Å². The van der Waals surface area contributed by atoms with Crippen molar-refractivity contribution in [2.75, 3.05) is 18.9 Å². The van der Waals surface area contributed by atoms with Gasteiger partial charge in [-0.25, -0.2) is 0 Å². The molecular formula is C26H31N5O2S. The molecule has 3 heterocycles. The monoisotopic (exact) mass is 477 g/mol. The third-order valence-electron chi connectivity index (χ3n) is 6.85. The van der Waals surface area contributed by atoms with Crippen molar-refractivity contribution in [2.24, 2.45) is 5.92 Å². The summed E-state index contributed by atoms with van der Waals surface area (Å²) in [6.45, 7) is 3.47. The first-order valence-corrected chi connectivity index (χ1v) is 13.2. The third kappa shape index (κ3) is 4.82. The third-order valence-corrected chi connectivity index (χ3v) is 7.76. The van der Waals surface area contributed by atoms with Crippen LogP contribution in [0.4, 0.5) is 0 Å². The van der Waals surface area contributed by atoms with Gasteiger partial charge in [-0.1, -0.05) is 24.6 Å². The second-order valence-electron chi connectivity index (χ2n) is 8.94. The van der Waals surface area contributed by atoms with Crippen LogP contribution in [0.2, 0.25) is 0 Å². The van der Waals surface area contributed by atoms with Gasteiger partial charge in [0.1, 0.15) is 5.75 Å². The van der Waals surface area contributed by atoms with Crippen LogP contribution in [0.5, 0.6) is 5.75 Å². The largest absolute Gasteiger partial charge is 0.494 e. The van der Waals surface area contributed by atoms with E-state index in [2.05, 4.69) is 20.1 Å². The van der Waals surface area contributed by atoms with E-state index in [4.69, 9.17) is 4.74 Å². The number of benzene rings is 1. The second kappa shape index (κ2) is 10.6. The van der Waals surface area contributed by atoms with Crippen LogP contribution in [-0.4, -0.2) is 55.5 Å². The van der Waals surface area contributed by atoms with Crippen LogP contribution in [0.15, 0.2) is 53.9 Å². The summed E-state index contributed by atoms with van der Waals surface area (Å²) in [5.74, 6) is 2.79. The molecule has 8 heteroatoms. The van der Waals surface area contributed by atoms with Crippen LogP contribution in [-0.2, 0) is 4.79 Å². The molecule has 0 bridgehead atoms. The van der Waals surface area contributed by atoms with Gasteiger partial charge < -0.3 is 9.64 Å². The summed E-state index contributed by atoms with van der Waals surface area (Å²) in [5, 5.41) is 9.65. The normalized spacial score (nSPS) is 20.1. The van der Waals surface area contributed by atoms with Gasteiger partial charge >= 0.3 is 0 Å². The number of amides is 1. The molecule has 0 spiro atoms. The number of piperidine rings is 1. The van der Waals surface area contributed by atoms with Crippen molar-refractivity contribution in [1.82, 2.24) is 24.6 Å². The summed E-state index contributed by atoms with van der Waals surface area (Å²) in [4.78, 5) is 19.7. The van der Waals surface area contributed by atoms with Crippen LogP contribution in [0.3, 0.4) is 0 Å². The molecule has 2 atom stereocenters. The highest BCUT2D eigenvalue weighted by Gasteiger charge is 2.35. The van der Waals surface area contributed by atoms with E-state index in [0.717, 1.165) is 36.4 Å². The summed E-state index contributed by atoms with van der Waals surface area (Å²) >= 11 is 1.46. The minimum Gasteiger partial charge on any atom is -0.494 e. The number of carbonyl (C=O) groups excluding carboxylic acids is 1. The molecule has 0 N–H and O–H groups in total. The number of ether oxygens (including phenoxy) is 1. The zero-order valence-electron chi connectivity index (χ0n) is 19.6. The van der Waals surface area contributed by atoms with Gasteiger partial charge in [-0.2, -0.15) is 0 Å². The number of hydrogen-bond donors (Lipinski definition) is 0. The molecule has 2 aliphatic rings. The molecule has 2 fully saturated rings. The van der Waals surface area contributed by atoms with Crippen molar-refractivity contribution >= 4 is 17.7 Å². The van der Waals surface area contributed by atoms with Crippen molar-refractivity contribution in [2.45, 2.75) is 56.6 Å². The molecule has 0 radical (unpaired) electrons. The summed E-state index contributed by atoms with van der Waals surface area (Å²) < 4.78 is 7.61. The first kappa shape index (κ1) is 22.9. The second-order valence-corrected chi connectivity index (χ2v) is 9.88. The minimum absolute atomic E-state index is 0.214. The lowest BCUT2D eigenvalue weighted by Crippen LogP contribution is -2.50. The molecule has 1 aromatic carbocycles. The fraction of sp³-hybridized carbons (Fsp3) is 0.462. The Morgan fingerprint density at radius 2 is 1.91 bits per heavy atom. The number of carbonyl (C=O) groups is 1. The average Bonchev–Trinajstić information content (AvgIpc) is 3.32. The van der Waals surface area contributed by atoms with Crippen molar-refractivity contribution in [3.05, 3.63) is 48.8 Å². The first-order chi connectivity index (χ1) is 16.7. The van der Waals surface area contributed by atoms with Gasteiger partial charge in [-0.05, 0) is 74.9 Å². The highest BCUT2D eigenvalue weighted by atomic mass is 32.2. The van der Waals surface area contributed by atoms with Crippen LogP contribution in [0, 0.1) is 5.92 Å². The lowest BCUT2D eigenvalue weighted by atomic mass is 9.78. The zero-order valence-corrected chi connectivity index (χ0v) is 20.4. The maximum Gasteiger partial charge on any atom is 0.233 e. The quantitative estimate of drug-likeness (QED) is 0.446. The summed E-state index contributed by atoms with van der Waals surface area (Å²) in [6, 6.07) is 12.2. The molecule has 34 heavy (non-hydrogen) atoms. The molecular weight excluding hydrogens is 446 g/mol. The standard InChI is InChI=1S/C26H31N5O2S/c1-2-33-22-13-11-21(12-14-22)31-25(20-8-5-15-27-17-20)28-29-26(31)34-18-24(32)30-16-6-9-19-7-3-4-10-23(19)30/h5,8,11-15,17,19,23H,2-4,6-7,9-10,16,18H2,1H3. The van der Waals surface area contributed by atoms with E-state index in [0.29, 0.717) is 35.3 Å². The number of likely N-dealkylation sites (tertiary alicyclic amines) is 1. The molecule has 1 aliphatic heterocycles. The maximum absolute atomic E-state index is 13.3. The smallest absolute Gasteiger partial charge is 0.233 e. The van der Waals surface area contributed by atoms with Gasteiger partial charge in [-0.3, -0.25) is 14.3 Å². The van der Waals surface area contributed by atoms with Crippen molar-refractivity contribution < 1.29 is 9.53 Å². The van der Waals surface area contributed by atoms with Crippen LogP contribution in [0.25, 0.3) is 17.1 Å². The van der Waals surface area contributed by atoms with Gasteiger partial charge in [0.2, 0.25) is 5.91 Å². The molecule has 3 aromatic rings. The molecule has 1 saturated heterocycles. The van der Waals surface area contributed by atoms with Crippen LogP contribution < -0.4 is 4.74 Å². The average molecular weight is 478 g/mol. The lowest BCUT2D eigenvalue weighted by molar-refractivity contribution is -0.134. The number of pyridine rings is 1. The Kier molecular flexibility index (Phi) is 7.13. The van der Waals surface area contributed by atoms with E-state index in [1.807, 2.05) is 47.9 Å². The number of thioether (sulfide) groups is 1. The lowest BCUT2D eigenvalue weighted by Gasteiger charge is -2.44. The van der Waals surface area contributed by atoms with Crippen molar-refractivity contribution in [3.8, 4) is 22.8 Å². The number of rotatable bonds is 7. The molecule has 178 valence electrons. The Balaban J connectivity index is 1.39. The van der Waals surface area contributed by atoms with E-state index < -0.39 is 0 Å². The van der Waals surface area contributed by atoms with Gasteiger partial charge in [0.15, 0.2) is 11.0 Å². The topological polar surface area (TPSA) is 73.1 Å². The number of fused-ring (bicyclic) bond motifs is 1. The minimum atomic E-state index is 0.214. The number of aromatic nitrogens is 4. The summed E-state index contributed by atoms with van der Waals surface area (Å²) in [6.07, 6.45) is 10.9. The van der Waals surface area contributed by atoms with Gasteiger partial charge in [0, 0.05) is 36.2 Å². The highest BCUT2D eigenvalue weighted by Crippen LogP contribution is 2.36. The number of nitrogens with zero attached hydrogens (tertiary/aromatic N) is 5. The highest BCUT2D eigenvalue weighted by molar-refractivity contribution is 7.99. The SMILES string of the molecule is CCOc1ccc(-n2c(SCC(=O)N3CCCC4CCCCC43)nnc2-c2cccnc2)cc1. The fourth-order valence-corrected chi connectivity index (χ4v) is 6.12. The van der Waals surface area contributed by atoms with E-state index in [1.165, 1.54) is 37.4 Å². The van der Waals surface area contributed by atoms with E-state index in [1.54, 1.807) is 12.4 Å². The molecule has 1 aliphatic carbocycles. The van der Waals surface area contributed by atoms with Crippen LogP contribution >= 0.6 is 11.8 Å². The number of hydrogen-bond acceptors (Lipinski definition) is 6. The van der Waals surface area contributed by atoms with E-state index in [9.17, 15) is 4.79 Å². The maximum atomic E-state index is 13.3. The fourth-order valence-electron chi connectivity index (χ4n) is 5.28. The molecule has 5 rings (SSSR count). The first-order valence-electron chi connectivity index (χ1n) is 12.3. The Bertz CT molecular complexity index is 1100. The Labute approximate surface area is 204 Å². The summed E-state index contributed by atoms with van der Waals surface area (Å²) in [5.41, 5.74) is 1.80. The molecule has 1 amide bonds. The van der Waals surface area contributed by atoms with Crippen molar-refractivity contribution in [3.63, 3.8) is 0 Å². The Morgan fingerprint density at radius 1 is 1.09 bits per heavy atom. The Hall–Kier alpha value is -2.87. The Morgan fingerprint density at radius 3 is 2.71 bits per heavy atom. The molecule has 2 unspecified atom stereocenters. The van der Waals surface area contributed by atoms with E-state index >= 15 is 0 Å². The van der Waals surface area contributed by atoms with Gasteiger partial charge in [-0.15, -0.1) is 10.2 Å². The van der Waals surface area contributed by atoms with Crippen LogP contribution in [0.1, 0.15) is 45.4 Å². The molecule has 7 nitrogen and oxygen atoms in total. The predicted molar refractivity (Wildman–Crippen MR) is 133 cm³/mol. The van der Waals surface area contributed by atoms with Gasteiger partial charge in [0.05, 0.1) is 12.4 Å². The summed E-state index contributed by atoms with van der Waals surface area (Å²) in [7, 11) is 0.